The summed E-state index contributed by atoms with van der Waals surface area (Å²) in [4.78, 5) is 8.20. The van der Waals surface area contributed by atoms with Gasteiger partial charge in [-0.25, -0.2) is 0 Å². The van der Waals surface area contributed by atoms with Gasteiger partial charge in [0.2, 0.25) is 0 Å². The Morgan fingerprint density at radius 3 is 0.956 bits per heavy atom. The molecule has 1 aromatic heterocycles. The van der Waals surface area contributed by atoms with E-state index in [4.69, 9.17) is 0 Å². The zero-order valence-corrected chi connectivity index (χ0v) is 69.9. The second kappa shape index (κ2) is 27.0. The predicted molar refractivity (Wildman–Crippen MR) is 488 cm³/mol. The molecule has 0 unspecified atom stereocenters. The molecule has 14 aromatic carbocycles. The van der Waals surface area contributed by atoms with E-state index >= 15 is 0 Å². The molecule has 0 radical (unpaired) electrons. The summed E-state index contributed by atoms with van der Waals surface area (Å²) in [6, 6.07) is 116. The summed E-state index contributed by atoms with van der Waals surface area (Å²) in [5, 5.41) is 2.44. The third kappa shape index (κ3) is 12.8. The monoisotopic (exact) mass is 1480 g/mol. The SMILES string of the molecule is CC(C)(C)c1ccc(-c2cc(C(C)(C)C)cc(-c3ccc(C(C)(C)C)cc3)c2N2c3cc(-n4c5ccccc5c5ccccc54)ccc3N3c4cc(-c5ccccc5)ccc4N(c4c(-c5ccc(C(C)(C)C)cc5)cc(C(C)(C)C)cc4-c4ccc(C(C)(C)C)cc4)c4cc(C5c6ccccc6Cc6ccccc65)cc2c43)cc1. The molecule has 1 aliphatic carbocycles. The summed E-state index contributed by atoms with van der Waals surface area (Å²) >= 11 is 0. The molecule has 0 saturated heterocycles. The largest absolute Gasteiger partial charge is 0.309 e. The van der Waals surface area contributed by atoms with E-state index in [0.29, 0.717) is 0 Å². The maximum Gasteiger partial charge on any atom is 0.0948 e. The molecule has 18 rings (SSSR count). The van der Waals surface area contributed by atoms with Crippen molar-refractivity contribution in [3.63, 3.8) is 0 Å². The number of rotatable bonds is 9. The molecule has 2 aliphatic heterocycles. The van der Waals surface area contributed by atoms with E-state index in [1.54, 1.807) is 0 Å². The lowest BCUT2D eigenvalue weighted by Crippen LogP contribution is -2.32. The predicted octanol–water partition coefficient (Wildman–Crippen LogP) is 31.0. The van der Waals surface area contributed by atoms with Crippen LogP contribution in [0.5, 0.6) is 0 Å². The number of fused-ring (bicyclic) bond motifs is 9. The molecule has 566 valence electrons. The minimum Gasteiger partial charge on any atom is -0.309 e. The van der Waals surface area contributed by atoms with Gasteiger partial charge in [-0.15, -0.1) is 0 Å². The van der Waals surface area contributed by atoms with Gasteiger partial charge in [-0.05, 0) is 212 Å². The summed E-state index contributed by atoms with van der Waals surface area (Å²) in [7, 11) is 0. The van der Waals surface area contributed by atoms with Gasteiger partial charge in [-0.2, -0.15) is 0 Å². The molecular formula is C110H106N4. The third-order valence-electron chi connectivity index (χ3n) is 24.7. The van der Waals surface area contributed by atoms with Gasteiger partial charge in [-0.1, -0.05) is 343 Å². The Hall–Kier alpha value is -11.7. The quantitative estimate of drug-likeness (QED) is 0.143. The maximum absolute atomic E-state index is 2.77. The molecule has 4 heteroatoms. The van der Waals surface area contributed by atoms with Crippen LogP contribution in [0.25, 0.3) is 83.1 Å². The van der Waals surface area contributed by atoms with Gasteiger partial charge in [-0.3, -0.25) is 0 Å². The van der Waals surface area contributed by atoms with Crippen molar-refractivity contribution in [3.05, 3.63) is 358 Å². The molecule has 3 aliphatic rings. The van der Waals surface area contributed by atoms with Gasteiger partial charge in [0.1, 0.15) is 0 Å². The number of para-hydroxylation sites is 2. The van der Waals surface area contributed by atoms with Crippen LogP contribution >= 0.6 is 0 Å². The van der Waals surface area contributed by atoms with Gasteiger partial charge in [0.25, 0.3) is 0 Å². The van der Waals surface area contributed by atoms with Gasteiger partial charge in [0, 0.05) is 44.6 Å². The Balaban J connectivity index is 1.07. The van der Waals surface area contributed by atoms with E-state index in [2.05, 4.69) is 441 Å². The van der Waals surface area contributed by atoms with Crippen LogP contribution in [0.3, 0.4) is 0 Å². The van der Waals surface area contributed by atoms with Gasteiger partial charge in [0.05, 0.1) is 62.2 Å². The van der Waals surface area contributed by atoms with Crippen LogP contribution in [0.1, 0.15) is 192 Å². The van der Waals surface area contributed by atoms with Crippen LogP contribution in [0.2, 0.25) is 0 Å². The smallest absolute Gasteiger partial charge is 0.0948 e. The number of anilines is 9. The van der Waals surface area contributed by atoms with Crippen molar-refractivity contribution >= 4 is 73.0 Å². The van der Waals surface area contributed by atoms with Crippen molar-refractivity contribution in [2.75, 3.05) is 14.7 Å². The fourth-order valence-electron chi connectivity index (χ4n) is 18.2. The van der Waals surface area contributed by atoms with Gasteiger partial charge < -0.3 is 19.3 Å². The first-order valence-corrected chi connectivity index (χ1v) is 41.2. The maximum atomic E-state index is 2.77. The average molecular weight is 1480 g/mol. The van der Waals surface area contributed by atoms with E-state index < -0.39 is 0 Å². The van der Waals surface area contributed by atoms with E-state index in [0.717, 1.165) is 119 Å². The normalized spacial score (nSPS) is 13.8. The second-order valence-electron chi connectivity index (χ2n) is 38.7. The van der Waals surface area contributed by atoms with Crippen LogP contribution in [-0.2, 0) is 38.9 Å². The number of benzene rings is 14. The lowest BCUT2D eigenvalue weighted by Gasteiger charge is -2.49. The van der Waals surface area contributed by atoms with Crippen molar-refractivity contribution in [3.8, 4) is 61.3 Å². The fraction of sp³-hybridized carbons (Fsp3) is 0.236. The molecule has 0 bridgehead atoms. The van der Waals surface area contributed by atoms with Crippen LogP contribution in [0, 0.1) is 0 Å². The van der Waals surface area contributed by atoms with Gasteiger partial charge >= 0.3 is 0 Å². The summed E-state index contributed by atoms with van der Waals surface area (Å²) in [5.41, 5.74) is 38.3. The highest BCUT2D eigenvalue weighted by Crippen LogP contribution is 2.68. The molecule has 0 spiro atoms. The van der Waals surface area contributed by atoms with E-state index in [-0.39, 0.29) is 38.4 Å². The topological polar surface area (TPSA) is 14.7 Å². The summed E-state index contributed by atoms with van der Waals surface area (Å²) < 4.78 is 2.52. The summed E-state index contributed by atoms with van der Waals surface area (Å²) in [5.74, 6) is -0.161. The zero-order chi connectivity index (χ0) is 79.4. The Kier molecular flexibility index (Phi) is 17.5. The van der Waals surface area contributed by atoms with Crippen LogP contribution in [0.15, 0.2) is 297 Å². The molecule has 15 aromatic rings. The van der Waals surface area contributed by atoms with E-state index in [1.165, 1.54) is 83.1 Å². The lowest BCUT2D eigenvalue weighted by atomic mass is 9.74. The van der Waals surface area contributed by atoms with E-state index in [1.807, 2.05) is 0 Å². The van der Waals surface area contributed by atoms with E-state index in [9.17, 15) is 0 Å². The lowest BCUT2D eigenvalue weighted by molar-refractivity contribution is 0.589. The van der Waals surface area contributed by atoms with Crippen molar-refractivity contribution < 1.29 is 0 Å². The Bertz CT molecular complexity index is 6020. The van der Waals surface area contributed by atoms with Crippen molar-refractivity contribution in [1.29, 1.82) is 0 Å². The zero-order valence-electron chi connectivity index (χ0n) is 69.9. The first kappa shape index (κ1) is 73.7. The number of nitrogens with zero attached hydrogens (tertiary/aromatic N) is 4. The summed E-state index contributed by atoms with van der Waals surface area (Å²) in [6.45, 7) is 42.3. The fourth-order valence-corrected chi connectivity index (χ4v) is 18.2. The third-order valence-corrected chi connectivity index (χ3v) is 24.7. The number of hydrogen-bond acceptors (Lipinski definition) is 3. The minimum absolute atomic E-state index is 0.0684. The van der Waals surface area contributed by atoms with Crippen molar-refractivity contribution in [2.24, 2.45) is 0 Å². The molecule has 0 saturated carbocycles. The van der Waals surface area contributed by atoms with Crippen LogP contribution in [-0.4, -0.2) is 4.57 Å². The average Bonchev–Trinajstić information content (AvgIpc) is 0.803. The Labute approximate surface area is 677 Å². The van der Waals surface area contributed by atoms with Crippen molar-refractivity contribution in [2.45, 2.75) is 169 Å². The standard InChI is InChI=1S/C110H106N4/c1-105(2,3)78-49-40-70(41-50-78)89-64-82(109(13,14)15)65-90(71-42-51-79(52-43-71)106(4,5)6)102(89)113-95-58-48-74(69-30-20-19-21-31-69)61-97(95)112-96-59-57-84(111-93-38-28-26-36-87(93)88-37-27-29-39-94(88)111)68-98(96)114(100-63-77(62-99(113)104(100)112)101-85-34-24-22-32-75(85)60-76-33-23-25-35-86(76)101)103-91(72-44-53-80(54-45-72)107(7,8)9)66-83(110(16,17)18)67-92(103)73-46-55-81(56-47-73)108(10,11)12/h19-59,61-68,101H,60H2,1-18H3. The Morgan fingerprint density at radius 1 is 0.237 bits per heavy atom. The van der Waals surface area contributed by atoms with Crippen LogP contribution in [0.4, 0.5) is 51.2 Å². The molecular weight excluding hydrogens is 1380 g/mol. The first-order valence-electron chi connectivity index (χ1n) is 41.2. The number of aromatic nitrogens is 1. The minimum atomic E-state index is -0.251. The highest BCUT2D eigenvalue weighted by atomic mass is 15.3. The summed E-state index contributed by atoms with van der Waals surface area (Å²) in [6.07, 6.45) is 0.854. The molecule has 3 heterocycles. The van der Waals surface area contributed by atoms with Crippen molar-refractivity contribution in [1.82, 2.24) is 4.57 Å². The molecule has 4 nitrogen and oxygen atoms in total. The highest BCUT2D eigenvalue weighted by Gasteiger charge is 2.45. The van der Waals surface area contributed by atoms with Gasteiger partial charge in [0.15, 0.2) is 0 Å². The molecule has 0 amide bonds. The molecule has 0 N–H and O–H groups in total. The highest BCUT2D eigenvalue weighted by molar-refractivity contribution is 6.18. The molecule has 0 atom stereocenters. The molecule has 0 fully saturated rings. The Morgan fingerprint density at radius 2 is 0.561 bits per heavy atom. The first-order chi connectivity index (χ1) is 54.3. The number of hydrogen-bond donors (Lipinski definition) is 0. The molecule has 114 heavy (non-hydrogen) atoms. The van der Waals surface area contributed by atoms with Crippen LogP contribution < -0.4 is 14.7 Å². The second-order valence-corrected chi connectivity index (χ2v) is 38.7.